The van der Waals surface area contributed by atoms with E-state index in [-0.39, 0.29) is 17.3 Å². The fraction of sp³-hybridized carbons (Fsp3) is 0.583. The van der Waals surface area contributed by atoms with E-state index in [1.54, 1.807) is 6.07 Å². The van der Waals surface area contributed by atoms with E-state index in [2.05, 4.69) is 10.3 Å². The maximum absolute atomic E-state index is 11.0. The molecule has 0 radical (unpaired) electrons. The second kappa shape index (κ2) is 4.53. The Bertz CT molecular complexity index is 478. The molecule has 1 saturated heterocycles. The van der Waals surface area contributed by atoms with Gasteiger partial charge in [0, 0.05) is 18.4 Å². The quantitative estimate of drug-likeness (QED) is 0.658. The Morgan fingerprint density at radius 1 is 1.61 bits per heavy atom. The Morgan fingerprint density at radius 3 is 2.89 bits per heavy atom. The first-order valence-electron chi connectivity index (χ1n) is 5.94. The number of pyridine rings is 1. The number of rotatable bonds is 3. The average Bonchev–Trinajstić information content (AvgIpc) is 2.58. The molecule has 1 aromatic heterocycles. The van der Waals surface area contributed by atoms with Crippen LogP contribution in [0.2, 0.25) is 0 Å². The maximum atomic E-state index is 11.0. The molecule has 2 heterocycles. The predicted molar refractivity (Wildman–Crippen MR) is 67.7 cm³/mol. The number of hydrogen-bond acceptors (Lipinski definition) is 5. The third-order valence-electron chi connectivity index (χ3n) is 3.50. The summed E-state index contributed by atoms with van der Waals surface area (Å²) in [5.74, 6) is 0.319. The molecule has 1 N–H and O–H groups in total. The number of nitrogens with one attached hydrogen (secondary N) is 1. The van der Waals surface area contributed by atoms with Gasteiger partial charge >= 0.3 is 5.69 Å². The summed E-state index contributed by atoms with van der Waals surface area (Å²) in [6.07, 6.45) is 0.806. The van der Waals surface area contributed by atoms with Crippen molar-refractivity contribution in [3.63, 3.8) is 0 Å². The van der Waals surface area contributed by atoms with Gasteiger partial charge in [0.25, 0.3) is 0 Å². The number of aromatic nitrogens is 1. The number of ether oxygens (including phenoxy) is 1. The summed E-state index contributed by atoms with van der Waals surface area (Å²) in [6, 6.07) is 3.12. The van der Waals surface area contributed by atoms with Crippen LogP contribution in [0, 0.1) is 17.0 Å². The minimum atomic E-state index is -0.418. The maximum Gasteiger partial charge on any atom is 0.311 e. The molecular weight excluding hydrogens is 234 g/mol. The standard InChI is InChI=1S/C12H17N3O3/c1-8-4-5-10(15(16)17)11(13-8)14-12(3)6-7-18-9(12)2/h4-5,9H,6-7H2,1-3H3,(H,13,14). The number of nitrogens with zero attached hydrogens (tertiary/aromatic N) is 2. The lowest BCUT2D eigenvalue weighted by atomic mass is 9.94. The van der Waals surface area contributed by atoms with E-state index in [1.807, 2.05) is 20.8 Å². The Balaban J connectivity index is 2.33. The molecule has 6 heteroatoms. The smallest absolute Gasteiger partial charge is 0.311 e. The third-order valence-corrected chi connectivity index (χ3v) is 3.50. The van der Waals surface area contributed by atoms with Gasteiger partial charge in [-0.15, -0.1) is 0 Å². The molecule has 98 valence electrons. The van der Waals surface area contributed by atoms with E-state index in [0.717, 1.165) is 12.1 Å². The molecule has 1 aromatic rings. The van der Waals surface area contributed by atoms with E-state index < -0.39 is 4.92 Å². The summed E-state index contributed by atoms with van der Waals surface area (Å²) in [6.45, 7) is 6.43. The molecule has 1 fully saturated rings. The van der Waals surface area contributed by atoms with Crippen molar-refractivity contribution >= 4 is 11.5 Å². The lowest BCUT2D eigenvalue weighted by molar-refractivity contribution is -0.384. The summed E-state index contributed by atoms with van der Waals surface area (Å²) in [5.41, 5.74) is 0.435. The van der Waals surface area contributed by atoms with Crippen LogP contribution in [0.1, 0.15) is 26.0 Å². The highest BCUT2D eigenvalue weighted by molar-refractivity contribution is 5.57. The summed E-state index contributed by atoms with van der Waals surface area (Å²) < 4.78 is 5.51. The second-order valence-electron chi connectivity index (χ2n) is 4.88. The third kappa shape index (κ3) is 2.28. The molecule has 2 unspecified atom stereocenters. The number of anilines is 1. The fourth-order valence-electron chi connectivity index (χ4n) is 2.06. The zero-order valence-corrected chi connectivity index (χ0v) is 10.8. The molecule has 2 rings (SSSR count). The van der Waals surface area contributed by atoms with Crippen molar-refractivity contribution in [2.45, 2.75) is 38.8 Å². The van der Waals surface area contributed by atoms with Gasteiger partial charge in [-0.25, -0.2) is 4.98 Å². The summed E-state index contributed by atoms with van der Waals surface area (Å²) >= 11 is 0. The average molecular weight is 251 g/mol. The summed E-state index contributed by atoms with van der Waals surface area (Å²) in [7, 11) is 0. The van der Waals surface area contributed by atoms with Crippen LogP contribution in [-0.2, 0) is 4.74 Å². The summed E-state index contributed by atoms with van der Waals surface area (Å²) in [5, 5.41) is 14.2. The highest BCUT2D eigenvalue weighted by Gasteiger charge is 2.38. The van der Waals surface area contributed by atoms with Crippen LogP contribution in [0.5, 0.6) is 0 Å². The van der Waals surface area contributed by atoms with Crippen molar-refractivity contribution in [1.82, 2.24) is 4.98 Å². The van der Waals surface area contributed by atoms with Crippen LogP contribution in [0.4, 0.5) is 11.5 Å². The Kier molecular flexibility index (Phi) is 3.21. The van der Waals surface area contributed by atoms with Crippen LogP contribution in [0.15, 0.2) is 12.1 Å². The van der Waals surface area contributed by atoms with E-state index in [9.17, 15) is 10.1 Å². The van der Waals surface area contributed by atoms with Gasteiger partial charge in [0.1, 0.15) is 0 Å². The highest BCUT2D eigenvalue weighted by Crippen LogP contribution is 2.32. The molecule has 1 aliphatic rings. The molecule has 1 aliphatic heterocycles. The van der Waals surface area contributed by atoms with Crippen molar-refractivity contribution in [1.29, 1.82) is 0 Å². The Morgan fingerprint density at radius 2 is 2.33 bits per heavy atom. The molecule has 0 spiro atoms. The van der Waals surface area contributed by atoms with Crippen LogP contribution < -0.4 is 5.32 Å². The number of aryl methyl sites for hydroxylation is 1. The van der Waals surface area contributed by atoms with Crippen LogP contribution in [-0.4, -0.2) is 28.2 Å². The molecule has 6 nitrogen and oxygen atoms in total. The molecule has 0 saturated carbocycles. The van der Waals surface area contributed by atoms with Crippen molar-refractivity contribution in [2.24, 2.45) is 0 Å². The van der Waals surface area contributed by atoms with Crippen molar-refractivity contribution in [2.75, 3.05) is 11.9 Å². The van der Waals surface area contributed by atoms with Gasteiger partial charge in [-0.05, 0) is 33.3 Å². The van der Waals surface area contributed by atoms with Crippen LogP contribution >= 0.6 is 0 Å². The zero-order valence-electron chi connectivity index (χ0n) is 10.8. The SMILES string of the molecule is Cc1ccc([N+](=O)[O-])c(NC2(C)CCOC2C)n1. The van der Waals surface area contributed by atoms with E-state index in [1.165, 1.54) is 6.07 Å². The first-order valence-corrected chi connectivity index (χ1v) is 5.94. The normalized spacial score (nSPS) is 27.2. The Hall–Kier alpha value is -1.69. The summed E-state index contributed by atoms with van der Waals surface area (Å²) in [4.78, 5) is 14.8. The van der Waals surface area contributed by atoms with Gasteiger partial charge in [0.15, 0.2) is 0 Å². The minimum Gasteiger partial charge on any atom is -0.376 e. The first-order chi connectivity index (χ1) is 8.42. The van der Waals surface area contributed by atoms with Gasteiger partial charge < -0.3 is 10.1 Å². The van der Waals surface area contributed by atoms with Crippen LogP contribution in [0.25, 0.3) is 0 Å². The van der Waals surface area contributed by atoms with Crippen molar-refractivity contribution < 1.29 is 9.66 Å². The van der Waals surface area contributed by atoms with Gasteiger partial charge in [0.05, 0.1) is 16.6 Å². The van der Waals surface area contributed by atoms with Crippen LogP contribution in [0.3, 0.4) is 0 Å². The second-order valence-corrected chi connectivity index (χ2v) is 4.88. The predicted octanol–water partition coefficient (Wildman–Crippen LogP) is 2.28. The van der Waals surface area contributed by atoms with E-state index >= 15 is 0 Å². The van der Waals surface area contributed by atoms with Gasteiger partial charge in [0.2, 0.25) is 5.82 Å². The monoisotopic (exact) mass is 251 g/mol. The van der Waals surface area contributed by atoms with Gasteiger partial charge in [-0.2, -0.15) is 0 Å². The lowest BCUT2D eigenvalue weighted by Gasteiger charge is -2.29. The molecule has 18 heavy (non-hydrogen) atoms. The molecular formula is C12H17N3O3. The number of nitro groups is 1. The topological polar surface area (TPSA) is 77.3 Å². The van der Waals surface area contributed by atoms with Gasteiger partial charge in [-0.3, -0.25) is 10.1 Å². The molecule has 0 aromatic carbocycles. The van der Waals surface area contributed by atoms with Crippen molar-refractivity contribution in [3.05, 3.63) is 27.9 Å². The fourth-order valence-corrected chi connectivity index (χ4v) is 2.06. The molecule has 0 aliphatic carbocycles. The highest BCUT2D eigenvalue weighted by atomic mass is 16.6. The van der Waals surface area contributed by atoms with Gasteiger partial charge in [-0.1, -0.05) is 0 Å². The number of hydrogen-bond donors (Lipinski definition) is 1. The minimum absolute atomic E-state index is 0.000540. The van der Waals surface area contributed by atoms with E-state index in [0.29, 0.717) is 12.4 Å². The first kappa shape index (κ1) is 12.8. The van der Waals surface area contributed by atoms with Crippen molar-refractivity contribution in [3.8, 4) is 0 Å². The largest absolute Gasteiger partial charge is 0.376 e. The lowest BCUT2D eigenvalue weighted by Crippen LogP contribution is -2.41. The molecule has 0 amide bonds. The Labute approximate surface area is 106 Å². The zero-order chi connectivity index (χ0) is 13.3. The molecule has 0 bridgehead atoms. The molecule has 2 atom stereocenters. The van der Waals surface area contributed by atoms with E-state index in [4.69, 9.17) is 4.74 Å².